The molecule has 2 aromatic carbocycles. The Bertz CT molecular complexity index is 1340. The molecule has 1 aliphatic heterocycles. The van der Waals surface area contributed by atoms with Crippen molar-refractivity contribution < 1.29 is 22.3 Å². The van der Waals surface area contributed by atoms with Crippen LogP contribution in [-0.4, -0.2) is 31.0 Å². The van der Waals surface area contributed by atoms with E-state index in [-0.39, 0.29) is 30.0 Å². The highest BCUT2D eigenvalue weighted by Crippen LogP contribution is 2.31. The maximum atomic E-state index is 14.6. The Morgan fingerprint density at radius 2 is 1.80 bits per heavy atom. The topological polar surface area (TPSA) is 65.5 Å². The number of hydrogen-bond donors (Lipinski definition) is 0. The van der Waals surface area contributed by atoms with E-state index in [9.17, 15) is 12.8 Å². The zero-order valence-electron chi connectivity index (χ0n) is 20.1. The van der Waals surface area contributed by atoms with Gasteiger partial charge in [-0.25, -0.2) is 17.8 Å². The summed E-state index contributed by atoms with van der Waals surface area (Å²) in [5.41, 5.74) is 5.87. The van der Waals surface area contributed by atoms with Crippen LogP contribution in [0.15, 0.2) is 48.7 Å². The molecule has 35 heavy (non-hydrogen) atoms. The SMILES string of the molecule is Cc1cc(OC2CCS(=O)(=O)CC2)ncc1-c1ccc(F)c(COc2ccc3c(c2)CC(C)C3)c1. The summed E-state index contributed by atoms with van der Waals surface area (Å²) in [5.74, 6) is 1.90. The van der Waals surface area contributed by atoms with Crippen molar-refractivity contribution in [3.8, 4) is 22.8 Å². The van der Waals surface area contributed by atoms with Gasteiger partial charge in [0.15, 0.2) is 9.84 Å². The molecule has 1 aromatic heterocycles. The van der Waals surface area contributed by atoms with Gasteiger partial charge >= 0.3 is 0 Å². The third kappa shape index (κ3) is 5.50. The van der Waals surface area contributed by atoms with Crippen molar-refractivity contribution in [2.24, 2.45) is 5.92 Å². The van der Waals surface area contributed by atoms with Gasteiger partial charge in [0.1, 0.15) is 24.3 Å². The van der Waals surface area contributed by atoms with Crippen molar-refractivity contribution >= 4 is 9.84 Å². The lowest BCUT2D eigenvalue weighted by Crippen LogP contribution is -2.30. The summed E-state index contributed by atoms with van der Waals surface area (Å²) in [6.07, 6.45) is 4.70. The average Bonchev–Trinajstić information content (AvgIpc) is 3.19. The molecule has 0 bridgehead atoms. The summed E-state index contributed by atoms with van der Waals surface area (Å²) in [6, 6.07) is 13.0. The fourth-order valence-electron chi connectivity index (χ4n) is 4.97. The molecule has 0 radical (unpaired) electrons. The largest absolute Gasteiger partial charge is 0.489 e. The highest BCUT2D eigenvalue weighted by Gasteiger charge is 2.25. The molecule has 0 N–H and O–H groups in total. The number of aryl methyl sites for hydroxylation is 1. The molecule has 1 atom stereocenters. The van der Waals surface area contributed by atoms with Crippen molar-refractivity contribution in [3.05, 3.63) is 76.7 Å². The number of aromatic nitrogens is 1. The molecule has 0 amide bonds. The summed E-state index contributed by atoms with van der Waals surface area (Å²) in [5, 5.41) is 0. The third-order valence-electron chi connectivity index (χ3n) is 6.94. The minimum absolute atomic E-state index is 0.145. The normalized spacial score (nSPS) is 19.3. The molecule has 5 rings (SSSR count). The molecule has 3 aromatic rings. The summed E-state index contributed by atoms with van der Waals surface area (Å²) in [4.78, 5) is 4.43. The maximum absolute atomic E-state index is 14.6. The summed E-state index contributed by atoms with van der Waals surface area (Å²) < 4.78 is 49.7. The highest BCUT2D eigenvalue weighted by molar-refractivity contribution is 7.91. The van der Waals surface area contributed by atoms with Gasteiger partial charge in [-0.15, -0.1) is 0 Å². The molecule has 1 saturated heterocycles. The molecule has 0 saturated carbocycles. The van der Waals surface area contributed by atoms with E-state index in [1.807, 2.05) is 19.1 Å². The monoisotopic (exact) mass is 495 g/mol. The number of sulfone groups is 1. The lowest BCUT2D eigenvalue weighted by Gasteiger charge is -2.23. The van der Waals surface area contributed by atoms with Gasteiger partial charge in [0.05, 0.1) is 11.5 Å². The number of ether oxygens (including phenoxy) is 2. The van der Waals surface area contributed by atoms with Gasteiger partial charge in [-0.05, 0) is 85.0 Å². The van der Waals surface area contributed by atoms with E-state index in [1.54, 1.807) is 18.3 Å². The van der Waals surface area contributed by atoms with Crippen LogP contribution in [0.3, 0.4) is 0 Å². The Morgan fingerprint density at radius 3 is 2.57 bits per heavy atom. The second kappa shape index (κ2) is 9.61. The van der Waals surface area contributed by atoms with Gasteiger partial charge < -0.3 is 9.47 Å². The Balaban J connectivity index is 1.28. The van der Waals surface area contributed by atoms with Crippen LogP contribution in [0.25, 0.3) is 11.1 Å². The quantitative estimate of drug-likeness (QED) is 0.454. The molecule has 184 valence electrons. The van der Waals surface area contributed by atoms with Crippen molar-refractivity contribution in [2.45, 2.75) is 52.2 Å². The Hall–Kier alpha value is -2.93. The van der Waals surface area contributed by atoms with Gasteiger partial charge in [-0.1, -0.05) is 19.1 Å². The van der Waals surface area contributed by atoms with Crippen molar-refractivity contribution in [2.75, 3.05) is 11.5 Å². The van der Waals surface area contributed by atoms with Crippen LogP contribution in [0, 0.1) is 18.7 Å². The number of rotatable bonds is 6. The van der Waals surface area contributed by atoms with Crippen LogP contribution >= 0.6 is 0 Å². The first-order valence-electron chi connectivity index (χ1n) is 12.1. The molecule has 1 fully saturated rings. The predicted molar refractivity (Wildman–Crippen MR) is 134 cm³/mol. The fourth-order valence-corrected chi connectivity index (χ4v) is 6.42. The summed E-state index contributed by atoms with van der Waals surface area (Å²) >= 11 is 0. The smallest absolute Gasteiger partial charge is 0.213 e. The number of pyridine rings is 1. The van der Waals surface area contributed by atoms with Crippen LogP contribution in [-0.2, 0) is 29.3 Å². The van der Waals surface area contributed by atoms with Gasteiger partial charge in [-0.3, -0.25) is 0 Å². The van der Waals surface area contributed by atoms with Crippen LogP contribution in [0.2, 0.25) is 0 Å². The molecule has 5 nitrogen and oxygen atoms in total. The van der Waals surface area contributed by atoms with Gasteiger partial charge in [0, 0.05) is 23.4 Å². The summed E-state index contributed by atoms with van der Waals surface area (Å²) in [7, 11) is -2.94. The molecular formula is C28H30FNO4S. The second-order valence-corrected chi connectivity index (χ2v) is 12.1. The number of halogens is 1. The second-order valence-electron chi connectivity index (χ2n) is 9.85. The molecule has 2 aliphatic rings. The molecule has 0 spiro atoms. The average molecular weight is 496 g/mol. The Kier molecular flexibility index (Phi) is 6.53. The minimum Gasteiger partial charge on any atom is -0.489 e. The molecule has 2 heterocycles. The van der Waals surface area contributed by atoms with E-state index < -0.39 is 9.84 Å². The van der Waals surface area contributed by atoms with Crippen LogP contribution < -0.4 is 9.47 Å². The Labute approximate surface area is 206 Å². The zero-order valence-corrected chi connectivity index (χ0v) is 20.9. The van der Waals surface area contributed by atoms with E-state index in [0.717, 1.165) is 35.3 Å². The predicted octanol–water partition coefficient (Wildman–Crippen LogP) is 5.47. The number of fused-ring (bicyclic) bond motifs is 1. The zero-order chi connectivity index (χ0) is 24.6. The number of hydrogen-bond acceptors (Lipinski definition) is 5. The molecule has 1 unspecified atom stereocenters. The Morgan fingerprint density at radius 1 is 1.03 bits per heavy atom. The van der Waals surface area contributed by atoms with E-state index in [4.69, 9.17) is 9.47 Å². The van der Waals surface area contributed by atoms with Gasteiger partial charge in [-0.2, -0.15) is 0 Å². The fraction of sp³-hybridized carbons (Fsp3) is 0.393. The number of benzene rings is 2. The minimum atomic E-state index is -2.94. The first kappa shape index (κ1) is 23.8. The first-order chi connectivity index (χ1) is 16.8. The van der Waals surface area contributed by atoms with Gasteiger partial charge in [0.2, 0.25) is 5.88 Å². The van der Waals surface area contributed by atoms with Crippen molar-refractivity contribution in [1.82, 2.24) is 4.98 Å². The molecular weight excluding hydrogens is 465 g/mol. The lowest BCUT2D eigenvalue weighted by atomic mass is 10.0. The number of nitrogens with zero attached hydrogens (tertiary/aromatic N) is 1. The third-order valence-corrected chi connectivity index (χ3v) is 8.66. The van der Waals surface area contributed by atoms with Gasteiger partial charge in [0.25, 0.3) is 0 Å². The molecule has 1 aliphatic carbocycles. The van der Waals surface area contributed by atoms with E-state index >= 15 is 0 Å². The first-order valence-corrected chi connectivity index (χ1v) is 13.9. The lowest BCUT2D eigenvalue weighted by molar-refractivity contribution is 0.182. The van der Waals surface area contributed by atoms with E-state index in [0.29, 0.717) is 30.2 Å². The van der Waals surface area contributed by atoms with Crippen LogP contribution in [0.1, 0.15) is 42.0 Å². The standard InChI is InChI=1S/C28H30FNO4S/c1-18-11-20-3-5-25(15-22(20)12-18)33-17-23-14-21(4-6-27(23)29)26-16-30-28(13-19(26)2)34-24-7-9-35(31,32)10-8-24/h3-6,13-16,18,24H,7-12,17H2,1-2H3. The van der Waals surface area contributed by atoms with E-state index in [2.05, 4.69) is 24.0 Å². The van der Waals surface area contributed by atoms with Crippen LogP contribution in [0.4, 0.5) is 4.39 Å². The van der Waals surface area contributed by atoms with Crippen molar-refractivity contribution in [3.63, 3.8) is 0 Å². The highest BCUT2D eigenvalue weighted by atomic mass is 32.2. The maximum Gasteiger partial charge on any atom is 0.213 e. The van der Waals surface area contributed by atoms with Crippen molar-refractivity contribution in [1.29, 1.82) is 0 Å². The summed E-state index contributed by atoms with van der Waals surface area (Å²) in [6.45, 7) is 4.35. The van der Waals surface area contributed by atoms with E-state index in [1.165, 1.54) is 17.2 Å². The molecule has 7 heteroatoms. The van der Waals surface area contributed by atoms with Crippen LogP contribution in [0.5, 0.6) is 11.6 Å².